The fraction of sp³-hybridized carbons (Fsp3) is 0.357. The minimum absolute atomic E-state index is 0.229. The first-order valence-electron chi connectivity index (χ1n) is 6.29. The zero-order valence-electron chi connectivity index (χ0n) is 10.3. The Balaban J connectivity index is 1.86. The highest BCUT2D eigenvalue weighted by atomic mass is 35.5. The van der Waals surface area contributed by atoms with Crippen molar-refractivity contribution >= 4 is 17.5 Å². The van der Waals surface area contributed by atoms with Gasteiger partial charge in [-0.2, -0.15) is 0 Å². The van der Waals surface area contributed by atoms with E-state index in [9.17, 15) is 0 Å². The lowest BCUT2D eigenvalue weighted by Gasteiger charge is -2.17. The Bertz CT molecular complexity index is 545. The molecule has 3 rings (SSSR count). The predicted octanol–water partition coefficient (Wildman–Crippen LogP) is 3.72. The van der Waals surface area contributed by atoms with Crippen molar-refractivity contribution < 1.29 is 0 Å². The molecular formula is C14H16ClN3. The van der Waals surface area contributed by atoms with Gasteiger partial charge in [0.05, 0.1) is 6.04 Å². The minimum atomic E-state index is 0.229. The number of aromatic nitrogens is 2. The van der Waals surface area contributed by atoms with E-state index >= 15 is 0 Å². The molecule has 4 heteroatoms. The quantitative estimate of drug-likeness (QED) is 0.909. The molecule has 1 N–H and O–H groups in total. The highest BCUT2D eigenvalue weighted by Gasteiger charge is 2.23. The molecular weight excluding hydrogens is 246 g/mol. The van der Waals surface area contributed by atoms with Gasteiger partial charge in [-0.05, 0) is 37.5 Å². The van der Waals surface area contributed by atoms with E-state index in [-0.39, 0.29) is 6.04 Å². The molecule has 94 valence electrons. The van der Waals surface area contributed by atoms with Crippen molar-refractivity contribution in [2.45, 2.75) is 31.8 Å². The molecule has 3 nitrogen and oxygen atoms in total. The van der Waals surface area contributed by atoms with E-state index in [4.69, 9.17) is 11.6 Å². The van der Waals surface area contributed by atoms with Gasteiger partial charge in [-0.3, -0.25) is 0 Å². The number of nitrogens with one attached hydrogen (secondary N) is 1. The van der Waals surface area contributed by atoms with Gasteiger partial charge in [-0.1, -0.05) is 23.7 Å². The second kappa shape index (κ2) is 4.65. The van der Waals surface area contributed by atoms with Gasteiger partial charge in [0.2, 0.25) is 5.95 Å². The zero-order valence-corrected chi connectivity index (χ0v) is 11.1. The molecule has 1 unspecified atom stereocenters. The molecule has 0 bridgehead atoms. The first-order chi connectivity index (χ1) is 8.74. The third-order valence-corrected chi connectivity index (χ3v) is 3.56. The van der Waals surface area contributed by atoms with Gasteiger partial charge in [0.25, 0.3) is 0 Å². The average molecular weight is 262 g/mol. The summed E-state index contributed by atoms with van der Waals surface area (Å²) in [5.74, 6) is 0.949. The molecule has 1 aliphatic carbocycles. The minimum Gasteiger partial charge on any atom is -0.353 e. The number of anilines is 1. The van der Waals surface area contributed by atoms with Gasteiger partial charge in [0, 0.05) is 23.5 Å². The Labute approximate surface area is 112 Å². The van der Waals surface area contributed by atoms with E-state index in [1.807, 2.05) is 30.6 Å². The van der Waals surface area contributed by atoms with Crippen molar-refractivity contribution in [2.24, 2.45) is 0 Å². The van der Waals surface area contributed by atoms with E-state index in [1.54, 1.807) is 0 Å². The van der Waals surface area contributed by atoms with E-state index < -0.39 is 0 Å². The van der Waals surface area contributed by atoms with Crippen LogP contribution in [-0.2, 0) is 0 Å². The standard InChI is InChI=1S/C14H16ClN3/c1-10(11-3-2-4-12(15)9-11)18-8-7-16-14(18)17-13-5-6-13/h2-4,7-10,13H,5-6H2,1H3,(H,16,17). The lowest BCUT2D eigenvalue weighted by molar-refractivity contribution is 0.643. The van der Waals surface area contributed by atoms with Crippen molar-refractivity contribution in [2.75, 3.05) is 5.32 Å². The monoisotopic (exact) mass is 261 g/mol. The normalized spacial score (nSPS) is 16.6. The second-order valence-electron chi connectivity index (χ2n) is 4.81. The number of rotatable bonds is 4. The first kappa shape index (κ1) is 11.6. The number of halogens is 1. The molecule has 0 radical (unpaired) electrons. The van der Waals surface area contributed by atoms with Crippen LogP contribution in [-0.4, -0.2) is 15.6 Å². The lowest BCUT2D eigenvalue weighted by Crippen LogP contribution is -2.12. The number of hydrogen-bond acceptors (Lipinski definition) is 2. The maximum Gasteiger partial charge on any atom is 0.203 e. The lowest BCUT2D eigenvalue weighted by atomic mass is 10.1. The highest BCUT2D eigenvalue weighted by Crippen LogP contribution is 2.28. The van der Waals surface area contributed by atoms with Crippen LogP contribution in [0.5, 0.6) is 0 Å². The maximum absolute atomic E-state index is 6.04. The number of hydrogen-bond donors (Lipinski definition) is 1. The Morgan fingerprint density at radius 3 is 3.00 bits per heavy atom. The van der Waals surface area contributed by atoms with Gasteiger partial charge in [0.15, 0.2) is 0 Å². The fourth-order valence-corrected chi connectivity index (χ4v) is 2.27. The van der Waals surface area contributed by atoms with Gasteiger partial charge in [0.1, 0.15) is 0 Å². The summed E-state index contributed by atoms with van der Waals surface area (Å²) < 4.78 is 2.16. The summed E-state index contributed by atoms with van der Waals surface area (Å²) in [7, 11) is 0. The molecule has 1 atom stereocenters. The topological polar surface area (TPSA) is 29.9 Å². The maximum atomic E-state index is 6.04. The van der Waals surface area contributed by atoms with Crippen molar-refractivity contribution in [1.82, 2.24) is 9.55 Å². The van der Waals surface area contributed by atoms with E-state index in [1.165, 1.54) is 18.4 Å². The fourth-order valence-electron chi connectivity index (χ4n) is 2.07. The predicted molar refractivity (Wildman–Crippen MR) is 74.1 cm³/mol. The van der Waals surface area contributed by atoms with Gasteiger partial charge >= 0.3 is 0 Å². The summed E-state index contributed by atoms with van der Waals surface area (Å²) in [6.45, 7) is 2.16. The van der Waals surface area contributed by atoms with E-state index in [2.05, 4.69) is 27.9 Å². The van der Waals surface area contributed by atoms with Crippen molar-refractivity contribution in [3.8, 4) is 0 Å². The third kappa shape index (κ3) is 2.36. The number of imidazole rings is 1. The Morgan fingerprint density at radius 1 is 1.44 bits per heavy atom. The highest BCUT2D eigenvalue weighted by molar-refractivity contribution is 6.30. The van der Waals surface area contributed by atoms with Crippen molar-refractivity contribution in [1.29, 1.82) is 0 Å². The SMILES string of the molecule is CC(c1cccc(Cl)c1)n1ccnc1NC1CC1. The Kier molecular flexibility index (Phi) is 3.00. The van der Waals surface area contributed by atoms with Crippen molar-refractivity contribution in [3.63, 3.8) is 0 Å². The van der Waals surface area contributed by atoms with Crippen LogP contribution in [0.2, 0.25) is 5.02 Å². The third-order valence-electron chi connectivity index (χ3n) is 3.33. The molecule has 1 aromatic carbocycles. The second-order valence-corrected chi connectivity index (χ2v) is 5.24. The van der Waals surface area contributed by atoms with Crippen LogP contribution in [0.25, 0.3) is 0 Å². The molecule has 18 heavy (non-hydrogen) atoms. The molecule has 0 spiro atoms. The summed E-state index contributed by atoms with van der Waals surface area (Å²) in [6.07, 6.45) is 6.35. The summed E-state index contributed by atoms with van der Waals surface area (Å²) in [6, 6.07) is 8.82. The van der Waals surface area contributed by atoms with Crippen LogP contribution in [0.15, 0.2) is 36.7 Å². The molecule has 0 aliphatic heterocycles. The van der Waals surface area contributed by atoms with Gasteiger partial charge < -0.3 is 9.88 Å². The average Bonchev–Trinajstić information content (AvgIpc) is 3.05. The Morgan fingerprint density at radius 2 is 2.28 bits per heavy atom. The molecule has 1 fully saturated rings. The van der Waals surface area contributed by atoms with Gasteiger partial charge in [-0.25, -0.2) is 4.98 Å². The summed E-state index contributed by atoms with van der Waals surface area (Å²) in [5, 5.41) is 4.22. The molecule has 1 aromatic heterocycles. The molecule has 0 saturated heterocycles. The number of nitrogens with zero attached hydrogens (tertiary/aromatic N) is 2. The van der Waals surface area contributed by atoms with Crippen LogP contribution in [0.1, 0.15) is 31.4 Å². The summed E-state index contributed by atoms with van der Waals surface area (Å²) in [5.41, 5.74) is 1.19. The van der Waals surface area contributed by atoms with Gasteiger partial charge in [-0.15, -0.1) is 0 Å². The Hall–Kier alpha value is -1.48. The zero-order chi connectivity index (χ0) is 12.5. The number of benzene rings is 1. The summed E-state index contributed by atoms with van der Waals surface area (Å²) >= 11 is 6.04. The molecule has 0 amide bonds. The van der Waals surface area contributed by atoms with E-state index in [0.29, 0.717) is 6.04 Å². The van der Waals surface area contributed by atoms with Crippen molar-refractivity contribution in [3.05, 3.63) is 47.2 Å². The van der Waals surface area contributed by atoms with Crippen LogP contribution in [0.4, 0.5) is 5.95 Å². The van der Waals surface area contributed by atoms with Crippen LogP contribution < -0.4 is 5.32 Å². The molecule has 1 aliphatic rings. The van der Waals surface area contributed by atoms with Crippen LogP contribution >= 0.6 is 11.6 Å². The smallest absolute Gasteiger partial charge is 0.203 e. The first-order valence-corrected chi connectivity index (χ1v) is 6.66. The molecule has 2 aromatic rings. The van der Waals surface area contributed by atoms with Crippen LogP contribution in [0, 0.1) is 0 Å². The van der Waals surface area contributed by atoms with E-state index in [0.717, 1.165) is 11.0 Å². The molecule has 1 heterocycles. The van der Waals surface area contributed by atoms with Crippen LogP contribution in [0.3, 0.4) is 0 Å². The molecule has 1 saturated carbocycles. The summed E-state index contributed by atoms with van der Waals surface area (Å²) in [4.78, 5) is 4.38. The largest absolute Gasteiger partial charge is 0.353 e.